The summed E-state index contributed by atoms with van der Waals surface area (Å²) >= 11 is 5.38. The molecule has 0 radical (unpaired) electrons. The number of ketones is 3. The van der Waals surface area contributed by atoms with E-state index in [1.807, 2.05) is 0 Å². The first-order chi connectivity index (χ1) is 6.65. The van der Waals surface area contributed by atoms with E-state index in [1.54, 1.807) is 0 Å². The molecule has 76 valence electrons. The van der Waals surface area contributed by atoms with Crippen molar-refractivity contribution in [3.8, 4) is 0 Å². The number of carbonyl (C=O) groups excluding carboxylic acids is 3. The van der Waals surface area contributed by atoms with Gasteiger partial charge in [-0.25, -0.2) is 0 Å². The van der Waals surface area contributed by atoms with E-state index >= 15 is 0 Å². The van der Waals surface area contributed by atoms with Gasteiger partial charge in [-0.1, -0.05) is 0 Å². The van der Waals surface area contributed by atoms with E-state index < -0.39 is 11.7 Å². The molecular weight excluding hydrogens is 204 g/mol. The predicted molar refractivity (Wildman–Crippen MR) is 50.1 cm³/mol. The van der Waals surface area contributed by atoms with Gasteiger partial charge in [0.1, 0.15) is 5.92 Å². The van der Waals surface area contributed by atoms with E-state index in [2.05, 4.69) is 0 Å². The lowest BCUT2D eigenvalue weighted by atomic mass is 9.77. The van der Waals surface area contributed by atoms with Gasteiger partial charge in [0.25, 0.3) is 0 Å². The Kier molecular flexibility index (Phi) is 2.43. The SMILES string of the molecule is O=C(CCl)C1C(=O)C2CCC(C2)C1=O. The Morgan fingerprint density at radius 3 is 2.14 bits per heavy atom. The third kappa shape index (κ3) is 1.31. The Labute approximate surface area is 86.8 Å². The summed E-state index contributed by atoms with van der Waals surface area (Å²) in [6.07, 6.45) is 2.19. The average Bonchev–Trinajstić information content (AvgIpc) is 2.61. The third-order valence-electron chi connectivity index (χ3n) is 3.26. The second-order valence-electron chi connectivity index (χ2n) is 4.04. The van der Waals surface area contributed by atoms with Crippen molar-refractivity contribution >= 4 is 29.0 Å². The molecule has 2 unspecified atom stereocenters. The number of Topliss-reactive ketones (excluding diaryl/α,β-unsaturated/α-hetero) is 3. The highest BCUT2D eigenvalue weighted by atomic mass is 35.5. The quantitative estimate of drug-likeness (QED) is 0.509. The standard InChI is InChI=1S/C10H11ClO3/c11-4-7(12)8-9(13)5-1-2-6(3-5)10(8)14/h5-6,8H,1-4H2. The van der Waals surface area contributed by atoms with Gasteiger partial charge in [-0.3, -0.25) is 14.4 Å². The lowest BCUT2D eigenvalue weighted by Crippen LogP contribution is -2.42. The maximum Gasteiger partial charge on any atom is 0.165 e. The van der Waals surface area contributed by atoms with Crippen LogP contribution >= 0.6 is 11.6 Å². The molecule has 2 saturated carbocycles. The van der Waals surface area contributed by atoms with E-state index in [1.165, 1.54) is 0 Å². The number of fused-ring (bicyclic) bond motifs is 2. The number of hydrogen-bond acceptors (Lipinski definition) is 3. The van der Waals surface area contributed by atoms with Crippen LogP contribution < -0.4 is 0 Å². The highest BCUT2D eigenvalue weighted by Gasteiger charge is 2.49. The molecule has 0 aromatic heterocycles. The van der Waals surface area contributed by atoms with E-state index in [0.29, 0.717) is 6.42 Å². The average molecular weight is 215 g/mol. The van der Waals surface area contributed by atoms with Crippen LogP contribution in [0.15, 0.2) is 0 Å². The van der Waals surface area contributed by atoms with E-state index in [4.69, 9.17) is 11.6 Å². The molecule has 2 fully saturated rings. The van der Waals surface area contributed by atoms with Crippen LogP contribution in [0.1, 0.15) is 19.3 Å². The largest absolute Gasteiger partial charge is 0.298 e. The van der Waals surface area contributed by atoms with Gasteiger partial charge in [0.05, 0.1) is 5.88 Å². The summed E-state index contributed by atoms with van der Waals surface area (Å²) in [6, 6.07) is 0. The van der Waals surface area contributed by atoms with E-state index in [9.17, 15) is 14.4 Å². The van der Waals surface area contributed by atoms with Gasteiger partial charge in [-0.05, 0) is 19.3 Å². The predicted octanol–water partition coefficient (Wildman–Crippen LogP) is 0.979. The van der Waals surface area contributed by atoms with Crippen LogP contribution in [0.4, 0.5) is 0 Å². The minimum atomic E-state index is -1.03. The van der Waals surface area contributed by atoms with Gasteiger partial charge in [0.15, 0.2) is 17.3 Å². The number of alkyl halides is 1. The zero-order valence-corrected chi connectivity index (χ0v) is 8.42. The molecule has 2 bridgehead atoms. The van der Waals surface area contributed by atoms with Crippen molar-refractivity contribution in [2.75, 3.05) is 5.88 Å². The molecule has 3 nitrogen and oxygen atoms in total. The van der Waals surface area contributed by atoms with Crippen LogP contribution in [0.25, 0.3) is 0 Å². The lowest BCUT2D eigenvalue weighted by molar-refractivity contribution is -0.144. The summed E-state index contributed by atoms with van der Waals surface area (Å²) in [7, 11) is 0. The molecule has 2 atom stereocenters. The summed E-state index contributed by atoms with van der Waals surface area (Å²) in [5.41, 5.74) is 0. The number of hydrogen-bond donors (Lipinski definition) is 0. The normalized spacial score (nSPS) is 36.2. The van der Waals surface area contributed by atoms with Gasteiger partial charge in [0.2, 0.25) is 0 Å². The molecule has 0 aromatic rings. The van der Waals surface area contributed by atoms with Crippen molar-refractivity contribution in [3.63, 3.8) is 0 Å². The molecule has 2 aliphatic carbocycles. The monoisotopic (exact) mass is 214 g/mol. The lowest BCUT2D eigenvalue weighted by Gasteiger charge is -2.23. The Balaban J connectivity index is 2.28. The van der Waals surface area contributed by atoms with Gasteiger partial charge in [0, 0.05) is 11.8 Å². The van der Waals surface area contributed by atoms with Crippen molar-refractivity contribution in [1.82, 2.24) is 0 Å². The Bertz CT molecular complexity index is 288. The number of rotatable bonds is 2. The van der Waals surface area contributed by atoms with Crippen LogP contribution in [0.3, 0.4) is 0 Å². The van der Waals surface area contributed by atoms with Crippen molar-refractivity contribution in [1.29, 1.82) is 0 Å². The van der Waals surface area contributed by atoms with Crippen LogP contribution in [0, 0.1) is 17.8 Å². The van der Waals surface area contributed by atoms with Crippen molar-refractivity contribution in [2.24, 2.45) is 17.8 Å². The first-order valence-corrected chi connectivity index (χ1v) is 5.34. The second-order valence-corrected chi connectivity index (χ2v) is 4.31. The maximum absolute atomic E-state index is 11.7. The van der Waals surface area contributed by atoms with E-state index in [-0.39, 0.29) is 29.3 Å². The summed E-state index contributed by atoms with van der Waals surface area (Å²) in [5.74, 6) is -2.17. The molecule has 14 heavy (non-hydrogen) atoms. The van der Waals surface area contributed by atoms with E-state index in [0.717, 1.165) is 12.8 Å². The zero-order chi connectivity index (χ0) is 10.3. The Hall–Kier alpha value is -0.700. The maximum atomic E-state index is 11.7. The molecule has 2 rings (SSSR count). The molecule has 0 aromatic carbocycles. The Morgan fingerprint density at radius 1 is 1.21 bits per heavy atom. The van der Waals surface area contributed by atoms with Gasteiger partial charge < -0.3 is 0 Å². The molecule has 0 amide bonds. The van der Waals surface area contributed by atoms with Crippen LogP contribution in [0.2, 0.25) is 0 Å². The first-order valence-electron chi connectivity index (χ1n) is 4.81. The number of carbonyl (C=O) groups is 3. The molecule has 0 spiro atoms. The second kappa shape index (κ2) is 3.46. The summed E-state index contributed by atoms with van der Waals surface area (Å²) in [4.78, 5) is 34.7. The fourth-order valence-electron chi connectivity index (χ4n) is 2.50. The number of halogens is 1. The van der Waals surface area contributed by atoms with Gasteiger partial charge in [-0.15, -0.1) is 11.6 Å². The van der Waals surface area contributed by atoms with Gasteiger partial charge in [-0.2, -0.15) is 0 Å². The molecule has 4 heteroatoms. The molecule has 0 N–H and O–H groups in total. The molecular formula is C10H11ClO3. The summed E-state index contributed by atoms with van der Waals surface area (Å²) < 4.78 is 0. The molecule has 2 aliphatic rings. The first kappa shape index (κ1) is 9.84. The fourth-order valence-corrected chi connectivity index (χ4v) is 2.66. The van der Waals surface area contributed by atoms with Crippen molar-refractivity contribution in [3.05, 3.63) is 0 Å². The van der Waals surface area contributed by atoms with Crippen LogP contribution in [0.5, 0.6) is 0 Å². The molecule has 0 heterocycles. The van der Waals surface area contributed by atoms with Crippen LogP contribution in [-0.4, -0.2) is 23.2 Å². The smallest absolute Gasteiger partial charge is 0.165 e. The summed E-state index contributed by atoms with van der Waals surface area (Å²) in [5, 5.41) is 0. The summed E-state index contributed by atoms with van der Waals surface area (Å²) in [6.45, 7) is 0. The van der Waals surface area contributed by atoms with Gasteiger partial charge >= 0.3 is 0 Å². The molecule has 0 aliphatic heterocycles. The third-order valence-corrected chi connectivity index (χ3v) is 3.52. The zero-order valence-electron chi connectivity index (χ0n) is 7.66. The topological polar surface area (TPSA) is 51.2 Å². The highest BCUT2D eigenvalue weighted by Crippen LogP contribution is 2.40. The highest BCUT2D eigenvalue weighted by molar-refractivity contribution is 6.34. The van der Waals surface area contributed by atoms with Crippen LogP contribution in [-0.2, 0) is 14.4 Å². The minimum Gasteiger partial charge on any atom is -0.298 e. The van der Waals surface area contributed by atoms with Crippen molar-refractivity contribution in [2.45, 2.75) is 19.3 Å². The molecule has 0 saturated heterocycles. The minimum absolute atomic E-state index is 0.0603. The Morgan fingerprint density at radius 2 is 1.71 bits per heavy atom. The van der Waals surface area contributed by atoms with Crippen molar-refractivity contribution < 1.29 is 14.4 Å². The fraction of sp³-hybridized carbons (Fsp3) is 0.700.